The number of halogens is 2. The van der Waals surface area contributed by atoms with Crippen molar-refractivity contribution in [3.8, 4) is 5.75 Å². The second-order valence-electron chi connectivity index (χ2n) is 7.96. The molecule has 0 bridgehead atoms. The quantitative estimate of drug-likeness (QED) is 0.425. The van der Waals surface area contributed by atoms with Gasteiger partial charge in [-0.05, 0) is 72.0 Å². The molecule has 1 rings (SSSR count). The van der Waals surface area contributed by atoms with Crippen LogP contribution in [0, 0.1) is 5.82 Å². The van der Waals surface area contributed by atoms with Gasteiger partial charge in [0.25, 0.3) is 0 Å². The van der Waals surface area contributed by atoms with Gasteiger partial charge in [-0.15, -0.1) is 0 Å². The van der Waals surface area contributed by atoms with Crippen LogP contribution in [0.2, 0.25) is 18.1 Å². The summed E-state index contributed by atoms with van der Waals surface area (Å²) in [4.78, 5) is 0. The van der Waals surface area contributed by atoms with E-state index in [-0.39, 0.29) is 23.1 Å². The van der Waals surface area contributed by atoms with Crippen LogP contribution in [-0.4, -0.2) is 20.5 Å². The zero-order valence-electron chi connectivity index (χ0n) is 16.1. The van der Waals surface area contributed by atoms with E-state index in [9.17, 15) is 4.39 Å². The Kier molecular flexibility index (Phi) is 7.95. The molecule has 2 atom stereocenters. The lowest BCUT2D eigenvalue weighted by Crippen LogP contribution is -2.47. The summed E-state index contributed by atoms with van der Waals surface area (Å²) in [5.74, 6) is 0.396. The molecule has 0 amide bonds. The van der Waals surface area contributed by atoms with Gasteiger partial charge in [-0.2, -0.15) is 0 Å². The number of hydrogen-bond donors (Lipinski definition) is 0. The van der Waals surface area contributed by atoms with Crippen molar-refractivity contribution in [1.82, 2.24) is 0 Å². The molecule has 0 aliphatic carbocycles. The Balaban J connectivity index is 2.89. The molecule has 1 aromatic carbocycles. The number of ether oxygens (including phenoxy) is 1. The summed E-state index contributed by atoms with van der Waals surface area (Å²) in [7, 11) is -1.86. The Labute approximate surface area is 156 Å². The van der Waals surface area contributed by atoms with Gasteiger partial charge < -0.3 is 9.16 Å². The Morgan fingerprint density at radius 3 is 2.38 bits per heavy atom. The van der Waals surface area contributed by atoms with Gasteiger partial charge in [0.1, 0.15) is 17.7 Å². The Bertz CT molecular complexity index is 529. The SMILES string of the molecule is CCCCC(Oc1ccc(F)c(Br)c1)C(C)O[Si](C)(C)C(C)(C)C. The second kappa shape index (κ2) is 8.81. The lowest BCUT2D eigenvalue weighted by atomic mass is 10.1. The van der Waals surface area contributed by atoms with Gasteiger partial charge in [0.05, 0.1) is 10.6 Å². The topological polar surface area (TPSA) is 18.5 Å². The summed E-state index contributed by atoms with van der Waals surface area (Å²) in [6.07, 6.45) is 3.09. The summed E-state index contributed by atoms with van der Waals surface area (Å²) in [5, 5.41) is 0.162. The second-order valence-corrected chi connectivity index (χ2v) is 13.6. The standard InChI is InChI=1S/C19H32BrFO2Si/c1-8-9-10-18(14(2)23-24(6,7)19(3,4)5)22-15-11-12-17(21)16(20)13-15/h11-14,18H,8-10H2,1-7H3. The summed E-state index contributed by atoms with van der Waals surface area (Å²) in [5.41, 5.74) is 0. The summed E-state index contributed by atoms with van der Waals surface area (Å²) in [6.45, 7) is 15.5. The first-order valence-electron chi connectivity index (χ1n) is 8.77. The van der Waals surface area contributed by atoms with Crippen LogP contribution in [0.4, 0.5) is 4.39 Å². The molecule has 0 radical (unpaired) electrons. The lowest BCUT2D eigenvalue weighted by molar-refractivity contribution is 0.0492. The van der Waals surface area contributed by atoms with Crippen LogP contribution in [0.15, 0.2) is 22.7 Å². The first kappa shape index (κ1) is 21.6. The first-order valence-corrected chi connectivity index (χ1v) is 12.5. The normalized spacial score (nSPS) is 15.2. The van der Waals surface area contributed by atoms with Crippen molar-refractivity contribution in [3.63, 3.8) is 0 Å². The molecule has 0 spiro atoms. The van der Waals surface area contributed by atoms with Gasteiger partial charge in [0.15, 0.2) is 8.32 Å². The summed E-state index contributed by atoms with van der Waals surface area (Å²) >= 11 is 3.22. The summed E-state index contributed by atoms with van der Waals surface area (Å²) < 4.78 is 26.5. The molecule has 0 fully saturated rings. The van der Waals surface area contributed by atoms with Crippen LogP contribution in [0.25, 0.3) is 0 Å². The van der Waals surface area contributed by atoms with Gasteiger partial charge in [0, 0.05) is 0 Å². The predicted molar refractivity (Wildman–Crippen MR) is 106 cm³/mol. The van der Waals surface area contributed by atoms with Crippen molar-refractivity contribution in [3.05, 3.63) is 28.5 Å². The molecule has 0 saturated heterocycles. The van der Waals surface area contributed by atoms with Crippen molar-refractivity contribution >= 4 is 24.2 Å². The van der Waals surface area contributed by atoms with E-state index in [0.717, 1.165) is 19.3 Å². The highest BCUT2D eigenvalue weighted by Gasteiger charge is 2.40. The maximum Gasteiger partial charge on any atom is 0.192 e. The van der Waals surface area contributed by atoms with E-state index < -0.39 is 8.32 Å². The van der Waals surface area contributed by atoms with E-state index in [1.165, 1.54) is 6.07 Å². The molecule has 0 aromatic heterocycles. The monoisotopic (exact) mass is 418 g/mol. The minimum atomic E-state index is -1.86. The lowest BCUT2D eigenvalue weighted by Gasteiger charge is -2.40. The third-order valence-electron chi connectivity index (χ3n) is 4.83. The highest BCUT2D eigenvalue weighted by molar-refractivity contribution is 9.10. The molecule has 0 N–H and O–H groups in total. The molecule has 0 aliphatic rings. The Morgan fingerprint density at radius 1 is 1.25 bits per heavy atom. The van der Waals surface area contributed by atoms with Crippen molar-refractivity contribution in [2.45, 2.75) is 84.2 Å². The van der Waals surface area contributed by atoms with Gasteiger partial charge in [0.2, 0.25) is 0 Å². The highest BCUT2D eigenvalue weighted by Crippen LogP contribution is 2.38. The summed E-state index contributed by atoms with van der Waals surface area (Å²) in [6, 6.07) is 4.79. The maximum absolute atomic E-state index is 13.4. The Hall–Kier alpha value is -0.393. The van der Waals surface area contributed by atoms with E-state index in [0.29, 0.717) is 10.2 Å². The van der Waals surface area contributed by atoms with Crippen molar-refractivity contribution in [1.29, 1.82) is 0 Å². The van der Waals surface area contributed by atoms with Gasteiger partial charge in [-0.1, -0.05) is 34.1 Å². The zero-order valence-corrected chi connectivity index (χ0v) is 18.7. The smallest absolute Gasteiger partial charge is 0.192 e. The predicted octanol–water partition coefficient (Wildman–Crippen LogP) is 6.94. The van der Waals surface area contributed by atoms with E-state index in [1.807, 2.05) is 0 Å². The molecular formula is C19H32BrFO2Si. The number of rotatable bonds is 8. The fourth-order valence-electron chi connectivity index (χ4n) is 2.24. The highest BCUT2D eigenvalue weighted by atomic mass is 79.9. The molecule has 0 saturated carbocycles. The molecule has 2 nitrogen and oxygen atoms in total. The minimum Gasteiger partial charge on any atom is -0.488 e. The largest absolute Gasteiger partial charge is 0.488 e. The van der Waals surface area contributed by atoms with Crippen molar-refractivity contribution < 1.29 is 13.6 Å². The van der Waals surface area contributed by atoms with Crippen LogP contribution in [-0.2, 0) is 4.43 Å². The zero-order chi connectivity index (χ0) is 18.5. The minimum absolute atomic E-state index is 0.00118. The van der Waals surface area contributed by atoms with Crippen LogP contribution in [0.1, 0.15) is 53.9 Å². The van der Waals surface area contributed by atoms with Gasteiger partial charge in [-0.25, -0.2) is 4.39 Å². The van der Waals surface area contributed by atoms with E-state index in [2.05, 4.69) is 63.6 Å². The first-order chi connectivity index (χ1) is 11.0. The van der Waals surface area contributed by atoms with E-state index in [4.69, 9.17) is 9.16 Å². The number of benzene rings is 1. The molecule has 24 heavy (non-hydrogen) atoms. The molecule has 0 aliphatic heterocycles. The number of unbranched alkanes of at least 4 members (excludes halogenated alkanes) is 1. The number of hydrogen-bond acceptors (Lipinski definition) is 2. The molecular weight excluding hydrogens is 387 g/mol. The third kappa shape index (κ3) is 6.16. The van der Waals surface area contributed by atoms with E-state index in [1.54, 1.807) is 12.1 Å². The van der Waals surface area contributed by atoms with Crippen LogP contribution < -0.4 is 4.74 Å². The van der Waals surface area contributed by atoms with Crippen molar-refractivity contribution in [2.75, 3.05) is 0 Å². The van der Waals surface area contributed by atoms with Crippen LogP contribution >= 0.6 is 15.9 Å². The molecule has 1 aromatic rings. The third-order valence-corrected chi connectivity index (χ3v) is 10.0. The average Bonchev–Trinajstić information content (AvgIpc) is 2.45. The van der Waals surface area contributed by atoms with Gasteiger partial charge >= 0.3 is 0 Å². The average molecular weight is 419 g/mol. The fraction of sp³-hybridized carbons (Fsp3) is 0.684. The van der Waals surface area contributed by atoms with Crippen LogP contribution in [0.3, 0.4) is 0 Å². The molecule has 138 valence electrons. The fourth-order valence-corrected chi connectivity index (χ4v) is 4.03. The Morgan fingerprint density at radius 2 is 1.88 bits per heavy atom. The van der Waals surface area contributed by atoms with Crippen LogP contribution in [0.5, 0.6) is 5.75 Å². The molecule has 0 heterocycles. The molecule has 2 unspecified atom stereocenters. The van der Waals surface area contributed by atoms with Crippen molar-refractivity contribution in [2.24, 2.45) is 0 Å². The van der Waals surface area contributed by atoms with Gasteiger partial charge in [-0.3, -0.25) is 0 Å². The maximum atomic E-state index is 13.4. The van der Waals surface area contributed by atoms with E-state index >= 15 is 0 Å². The molecule has 5 heteroatoms.